The van der Waals surface area contributed by atoms with Gasteiger partial charge in [0, 0.05) is 0 Å². The van der Waals surface area contributed by atoms with E-state index >= 15 is 0 Å². The second kappa shape index (κ2) is 2.75. The van der Waals surface area contributed by atoms with Crippen molar-refractivity contribution in [1.29, 1.82) is 0 Å². The summed E-state index contributed by atoms with van der Waals surface area (Å²) in [4.78, 5) is 23.3. The maximum atomic E-state index is 10.9. The van der Waals surface area contributed by atoms with Crippen LogP contribution in [0.2, 0.25) is 0 Å². The number of carboxylic acids is 1. The van der Waals surface area contributed by atoms with E-state index in [9.17, 15) is 9.59 Å². The van der Waals surface area contributed by atoms with Crippen molar-refractivity contribution in [3.63, 3.8) is 0 Å². The molecule has 1 aliphatic heterocycles. The number of nitrogens with one attached hydrogen (secondary N) is 1. The van der Waals surface area contributed by atoms with Gasteiger partial charge in [-0.1, -0.05) is 6.92 Å². The highest BCUT2D eigenvalue weighted by Gasteiger charge is 2.47. The van der Waals surface area contributed by atoms with Crippen molar-refractivity contribution in [2.24, 2.45) is 0 Å². The number of hydrogen-bond acceptors (Lipinski definition) is 3. The summed E-state index contributed by atoms with van der Waals surface area (Å²) in [5.41, 5.74) is -1.18. The van der Waals surface area contributed by atoms with Gasteiger partial charge in [-0.05, 0) is 13.5 Å². The van der Waals surface area contributed by atoms with Crippen molar-refractivity contribution in [2.45, 2.75) is 19.0 Å². The van der Waals surface area contributed by atoms with Crippen LogP contribution in [0.5, 0.6) is 0 Å². The van der Waals surface area contributed by atoms with Gasteiger partial charge in [-0.3, -0.25) is 9.69 Å². The first-order valence-electron chi connectivity index (χ1n) is 3.78. The number of carbonyl (C=O) groups excluding carboxylic acids is 1. The molecule has 1 amide bonds. The van der Waals surface area contributed by atoms with Crippen LogP contribution in [0.3, 0.4) is 0 Å². The van der Waals surface area contributed by atoms with Crippen molar-refractivity contribution in [3.05, 3.63) is 0 Å². The quantitative estimate of drug-likeness (QED) is 0.574. The zero-order chi connectivity index (χ0) is 9.35. The van der Waals surface area contributed by atoms with Crippen LogP contribution in [0.15, 0.2) is 0 Å². The highest BCUT2D eigenvalue weighted by atomic mass is 16.4. The van der Waals surface area contributed by atoms with Gasteiger partial charge in [0.05, 0.1) is 6.54 Å². The van der Waals surface area contributed by atoms with Crippen LogP contribution in [-0.4, -0.2) is 41.1 Å². The fraction of sp³-hybridized carbons (Fsp3) is 0.714. The predicted molar refractivity (Wildman–Crippen MR) is 41.4 cm³/mol. The third-order valence-electron chi connectivity index (χ3n) is 2.24. The molecule has 0 radical (unpaired) electrons. The number of hydrogen-bond donors (Lipinski definition) is 2. The van der Waals surface area contributed by atoms with E-state index in [-0.39, 0.29) is 12.5 Å². The second-order valence-corrected chi connectivity index (χ2v) is 2.92. The van der Waals surface area contributed by atoms with Crippen LogP contribution >= 0.6 is 0 Å². The summed E-state index contributed by atoms with van der Waals surface area (Å²) in [6.45, 7) is 1.89. The van der Waals surface area contributed by atoms with Gasteiger partial charge < -0.3 is 10.4 Å². The summed E-state index contributed by atoms with van der Waals surface area (Å²) in [5.74, 6) is -1.24. The molecule has 2 N–H and O–H groups in total. The smallest absolute Gasteiger partial charge is 0.344 e. The Morgan fingerprint density at radius 2 is 2.42 bits per heavy atom. The normalized spacial score (nSPS) is 30.3. The molecule has 1 atom stereocenters. The molecule has 0 bridgehead atoms. The molecule has 0 aromatic rings. The molecule has 1 saturated heterocycles. The van der Waals surface area contributed by atoms with Gasteiger partial charge in [0.1, 0.15) is 0 Å². The number of aliphatic carboxylic acids is 1. The summed E-state index contributed by atoms with van der Waals surface area (Å²) < 4.78 is 0. The van der Waals surface area contributed by atoms with Crippen LogP contribution in [0.25, 0.3) is 0 Å². The van der Waals surface area contributed by atoms with E-state index < -0.39 is 11.6 Å². The van der Waals surface area contributed by atoms with Crippen LogP contribution in [-0.2, 0) is 9.59 Å². The van der Waals surface area contributed by atoms with Gasteiger partial charge in [0.25, 0.3) is 0 Å². The first kappa shape index (κ1) is 8.99. The topological polar surface area (TPSA) is 69.6 Å². The number of likely N-dealkylation sites (N-methyl/N-ethyl adjacent to an activating group) is 1. The van der Waals surface area contributed by atoms with Crippen molar-refractivity contribution in [1.82, 2.24) is 10.2 Å². The Labute approximate surface area is 70.4 Å². The third-order valence-corrected chi connectivity index (χ3v) is 2.24. The van der Waals surface area contributed by atoms with Crippen molar-refractivity contribution in [3.8, 4) is 0 Å². The fourth-order valence-corrected chi connectivity index (χ4v) is 1.44. The maximum absolute atomic E-state index is 10.9. The molecule has 0 spiro atoms. The molecular formula is C7H12N2O3. The zero-order valence-electron chi connectivity index (χ0n) is 7.13. The van der Waals surface area contributed by atoms with Crippen molar-refractivity contribution >= 4 is 11.9 Å². The monoisotopic (exact) mass is 172 g/mol. The van der Waals surface area contributed by atoms with Crippen molar-refractivity contribution < 1.29 is 14.7 Å². The first-order valence-corrected chi connectivity index (χ1v) is 3.78. The van der Waals surface area contributed by atoms with E-state index in [0.29, 0.717) is 6.42 Å². The standard InChI is InChI=1S/C7H12N2O3/c1-3-7(6(11)12)8-5(10)4-9(7)2/h3-4H2,1-2H3,(H,8,10)(H,11,12)/t7-/m0/s1. The Hall–Kier alpha value is -1.10. The largest absolute Gasteiger partial charge is 0.478 e. The number of rotatable bonds is 2. The zero-order valence-corrected chi connectivity index (χ0v) is 7.13. The molecule has 1 aliphatic rings. The lowest BCUT2D eigenvalue weighted by Gasteiger charge is -2.29. The number of nitrogens with zero attached hydrogens (tertiary/aromatic N) is 1. The average molecular weight is 172 g/mol. The summed E-state index contributed by atoms with van der Waals surface area (Å²) in [7, 11) is 1.62. The van der Waals surface area contributed by atoms with Gasteiger partial charge in [-0.2, -0.15) is 0 Å². The minimum absolute atomic E-state index is 0.153. The van der Waals surface area contributed by atoms with Gasteiger partial charge in [-0.25, -0.2) is 4.79 Å². The van der Waals surface area contributed by atoms with Crippen LogP contribution in [0.4, 0.5) is 0 Å². The minimum atomic E-state index is -1.18. The molecule has 0 aliphatic carbocycles. The number of amides is 1. The molecule has 0 saturated carbocycles. The average Bonchev–Trinajstić information content (AvgIpc) is 2.26. The predicted octanol–water partition coefficient (Wildman–Crippen LogP) is -0.761. The molecule has 5 nitrogen and oxygen atoms in total. The highest BCUT2D eigenvalue weighted by molar-refractivity contribution is 5.91. The third kappa shape index (κ3) is 1.06. The van der Waals surface area contributed by atoms with Gasteiger partial charge in [0.15, 0.2) is 5.66 Å². The lowest BCUT2D eigenvalue weighted by Crippen LogP contribution is -2.56. The molecule has 1 heterocycles. The lowest BCUT2D eigenvalue weighted by molar-refractivity contribution is -0.151. The van der Waals surface area contributed by atoms with E-state index in [1.807, 2.05) is 0 Å². The Morgan fingerprint density at radius 1 is 1.83 bits per heavy atom. The molecule has 1 fully saturated rings. The van der Waals surface area contributed by atoms with E-state index in [0.717, 1.165) is 0 Å². The molecule has 1 rings (SSSR count). The number of carbonyl (C=O) groups is 2. The molecule has 12 heavy (non-hydrogen) atoms. The summed E-state index contributed by atoms with van der Waals surface area (Å²) in [6.07, 6.45) is 0.366. The molecule has 68 valence electrons. The van der Waals surface area contributed by atoms with Crippen molar-refractivity contribution in [2.75, 3.05) is 13.6 Å². The fourth-order valence-electron chi connectivity index (χ4n) is 1.44. The minimum Gasteiger partial charge on any atom is -0.478 e. The van der Waals surface area contributed by atoms with E-state index in [2.05, 4.69) is 5.32 Å². The van der Waals surface area contributed by atoms with Gasteiger partial charge >= 0.3 is 5.97 Å². The molecule has 0 unspecified atom stereocenters. The van der Waals surface area contributed by atoms with E-state index in [4.69, 9.17) is 5.11 Å². The Morgan fingerprint density at radius 3 is 2.58 bits per heavy atom. The molecule has 0 aromatic carbocycles. The SMILES string of the molecule is CC[C@]1(C(=O)O)NC(=O)CN1C. The molecule has 5 heteroatoms. The van der Waals surface area contributed by atoms with E-state index in [1.165, 1.54) is 4.90 Å². The van der Waals surface area contributed by atoms with Gasteiger partial charge in [-0.15, -0.1) is 0 Å². The second-order valence-electron chi connectivity index (χ2n) is 2.92. The molecule has 0 aromatic heterocycles. The Kier molecular flexibility index (Phi) is 2.06. The highest BCUT2D eigenvalue weighted by Crippen LogP contribution is 2.19. The van der Waals surface area contributed by atoms with Crippen LogP contribution < -0.4 is 5.32 Å². The summed E-state index contributed by atoms with van der Waals surface area (Å²) in [5, 5.41) is 11.3. The Bertz CT molecular complexity index is 229. The summed E-state index contributed by atoms with van der Waals surface area (Å²) in [6, 6.07) is 0. The maximum Gasteiger partial charge on any atom is 0.344 e. The van der Waals surface area contributed by atoms with Crippen LogP contribution in [0, 0.1) is 0 Å². The number of carboxylic acid groups (broad SMARTS) is 1. The Balaban J connectivity index is 2.94. The van der Waals surface area contributed by atoms with Crippen LogP contribution in [0.1, 0.15) is 13.3 Å². The first-order chi connectivity index (χ1) is 5.53. The van der Waals surface area contributed by atoms with Gasteiger partial charge in [0.2, 0.25) is 5.91 Å². The summed E-state index contributed by atoms with van der Waals surface area (Å²) >= 11 is 0. The lowest BCUT2D eigenvalue weighted by atomic mass is 10.1. The van der Waals surface area contributed by atoms with E-state index in [1.54, 1.807) is 14.0 Å². The molecular weight excluding hydrogens is 160 g/mol.